The largest absolute Gasteiger partial charge is 0.337 e. The van der Waals surface area contributed by atoms with Crippen LogP contribution in [0.1, 0.15) is 12.8 Å². The average Bonchev–Trinajstić information content (AvgIpc) is 2.34. The van der Waals surface area contributed by atoms with Crippen molar-refractivity contribution in [3.05, 3.63) is 0 Å². The molecule has 1 atom stereocenters. The van der Waals surface area contributed by atoms with Crippen LogP contribution in [0.5, 0.6) is 0 Å². The Balaban J connectivity index is 2.08. The molecule has 2 fully saturated rings. The number of rotatable bonds is 0. The second-order valence-corrected chi connectivity index (χ2v) is 2.98. The summed E-state index contributed by atoms with van der Waals surface area (Å²) in [6.45, 7) is 2.90. The van der Waals surface area contributed by atoms with E-state index in [2.05, 4.69) is 5.32 Å². The Kier molecular flexibility index (Phi) is 1.38. The maximum absolute atomic E-state index is 11.1. The van der Waals surface area contributed by atoms with Gasteiger partial charge in [0.15, 0.2) is 0 Å². The Morgan fingerprint density at radius 3 is 3.30 bits per heavy atom. The number of amides is 1. The quantitative estimate of drug-likeness (QED) is 0.495. The summed E-state index contributed by atoms with van der Waals surface area (Å²) in [5, 5.41) is 3.28. The Bertz CT molecular complexity index is 158. The van der Waals surface area contributed by atoms with Gasteiger partial charge < -0.3 is 10.2 Å². The maximum atomic E-state index is 11.1. The van der Waals surface area contributed by atoms with E-state index in [9.17, 15) is 4.79 Å². The lowest BCUT2D eigenvalue weighted by Gasteiger charge is -2.29. The van der Waals surface area contributed by atoms with E-state index >= 15 is 0 Å². The zero-order valence-corrected chi connectivity index (χ0v) is 5.97. The minimum Gasteiger partial charge on any atom is -0.337 e. The predicted octanol–water partition coefficient (Wildman–Crippen LogP) is -0.419. The Labute approximate surface area is 60.4 Å². The first-order valence-electron chi connectivity index (χ1n) is 3.88. The van der Waals surface area contributed by atoms with Crippen molar-refractivity contribution in [1.29, 1.82) is 0 Å². The fourth-order valence-electron chi connectivity index (χ4n) is 1.78. The molecule has 2 rings (SSSR count). The van der Waals surface area contributed by atoms with E-state index in [0.29, 0.717) is 11.9 Å². The van der Waals surface area contributed by atoms with Crippen LogP contribution in [0, 0.1) is 0 Å². The van der Waals surface area contributed by atoms with Crippen LogP contribution in [0.4, 0.5) is 0 Å². The van der Waals surface area contributed by atoms with Gasteiger partial charge in [0.1, 0.15) is 0 Å². The number of nitrogens with zero attached hydrogens (tertiary/aromatic N) is 1. The standard InChI is InChI=1S/C7H12N2O/c10-7-2-1-6-5-8-3-4-9(6)7/h6,8H,1-5H2/t6-/m1/s1. The van der Waals surface area contributed by atoms with Crippen LogP contribution in [-0.4, -0.2) is 36.5 Å². The van der Waals surface area contributed by atoms with Gasteiger partial charge in [0, 0.05) is 32.1 Å². The number of carbonyl (C=O) groups excluding carboxylic acids is 1. The number of nitrogens with one attached hydrogen (secondary N) is 1. The summed E-state index contributed by atoms with van der Waals surface area (Å²) < 4.78 is 0. The van der Waals surface area contributed by atoms with Gasteiger partial charge >= 0.3 is 0 Å². The molecule has 1 N–H and O–H groups in total. The van der Waals surface area contributed by atoms with Gasteiger partial charge in [-0.05, 0) is 6.42 Å². The highest BCUT2D eigenvalue weighted by molar-refractivity contribution is 5.78. The summed E-state index contributed by atoms with van der Waals surface area (Å²) in [7, 11) is 0. The van der Waals surface area contributed by atoms with Crippen LogP contribution in [0.15, 0.2) is 0 Å². The van der Waals surface area contributed by atoms with Gasteiger partial charge in [-0.1, -0.05) is 0 Å². The molecule has 2 aliphatic heterocycles. The van der Waals surface area contributed by atoms with Crippen molar-refractivity contribution in [1.82, 2.24) is 10.2 Å². The van der Waals surface area contributed by atoms with E-state index < -0.39 is 0 Å². The molecular weight excluding hydrogens is 128 g/mol. The molecule has 0 aromatic carbocycles. The zero-order valence-electron chi connectivity index (χ0n) is 5.97. The molecule has 2 aliphatic rings. The summed E-state index contributed by atoms with van der Waals surface area (Å²) in [4.78, 5) is 13.1. The van der Waals surface area contributed by atoms with Gasteiger partial charge in [-0.2, -0.15) is 0 Å². The summed E-state index contributed by atoms with van der Waals surface area (Å²) in [5.74, 6) is 0.353. The number of fused-ring (bicyclic) bond motifs is 1. The van der Waals surface area contributed by atoms with Crippen molar-refractivity contribution in [2.24, 2.45) is 0 Å². The van der Waals surface area contributed by atoms with Crippen molar-refractivity contribution in [2.75, 3.05) is 19.6 Å². The summed E-state index contributed by atoms with van der Waals surface area (Å²) >= 11 is 0. The molecule has 0 spiro atoms. The molecule has 0 bridgehead atoms. The van der Waals surface area contributed by atoms with Crippen LogP contribution in [0.25, 0.3) is 0 Å². The van der Waals surface area contributed by atoms with Crippen LogP contribution >= 0.6 is 0 Å². The third kappa shape index (κ3) is 0.814. The van der Waals surface area contributed by atoms with Gasteiger partial charge in [0.2, 0.25) is 5.91 Å². The van der Waals surface area contributed by atoms with Crippen LogP contribution < -0.4 is 5.32 Å². The molecule has 0 aliphatic carbocycles. The third-order valence-corrected chi connectivity index (χ3v) is 2.36. The summed E-state index contributed by atoms with van der Waals surface area (Å²) in [6.07, 6.45) is 1.83. The van der Waals surface area contributed by atoms with Gasteiger partial charge in [0.25, 0.3) is 0 Å². The minimum atomic E-state index is 0.353. The van der Waals surface area contributed by atoms with Gasteiger partial charge in [-0.3, -0.25) is 4.79 Å². The molecule has 3 nitrogen and oxygen atoms in total. The fraction of sp³-hybridized carbons (Fsp3) is 0.857. The van der Waals surface area contributed by atoms with Crippen molar-refractivity contribution in [3.63, 3.8) is 0 Å². The first kappa shape index (κ1) is 6.16. The highest BCUT2D eigenvalue weighted by Gasteiger charge is 2.31. The molecule has 0 radical (unpaired) electrons. The molecule has 2 saturated heterocycles. The molecule has 2 heterocycles. The monoisotopic (exact) mass is 140 g/mol. The topological polar surface area (TPSA) is 32.3 Å². The smallest absolute Gasteiger partial charge is 0.222 e. The van der Waals surface area contributed by atoms with Crippen LogP contribution in [-0.2, 0) is 4.79 Å². The number of piperazine rings is 1. The van der Waals surface area contributed by atoms with E-state index in [4.69, 9.17) is 0 Å². The molecular formula is C7H12N2O. The summed E-state index contributed by atoms with van der Waals surface area (Å²) in [5.41, 5.74) is 0. The van der Waals surface area contributed by atoms with Crippen molar-refractivity contribution >= 4 is 5.91 Å². The predicted molar refractivity (Wildman–Crippen MR) is 37.6 cm³/mol. The first-order valence-corrected chi connectivity index (χ1v) is 3.88. The maximum Gasteiger partial charge on any atom is 0.222 e. The van der Waals surface area contributed by atoms with Crippen molar-refractivity contribution in [2.45, 2.75) is 18.9 Å². The van der Waals surface area contributed by atoms with Gasteiger partial charge in [-0.25, -0.2) is 0 Å². The van der Waals surface area contributed by atoms with Crippen molar-refractivity contribution < 1.29 is 4.79 Å². The summed E-state index contributed by atoms with van der Waals surface area (Å²) in [6, 6.07) is 0.515. The Morgan fingerprint density at radius 2 is 2.50 bits per heavy atom. The average molecular weight is 140 g/mol. The van der Waals surface area contributed by atoms with E-state index in [0.717, 1.165) is 32.5 Å². The van der Waals surface area contributed by atoms with E-state index in [1.165, 1.54) is 0 Å². The minimum absolute atomic E-state index is 0.353. The Morgan fingerprint density at radius 1 is 1.60 bits per heavy atom. The Hall–Kier alpha value is -0.570. The van der Waals surface area contributed by atoms with Gasteiger partial charge in [-0.15, -0.1) is 0 Å². The number of hydrogen-bond acceptors (Lipinski definition) is 2. The second kappa shape index (κ2) is 2.23. The van der Waals surface area contributed by atoms with E-state index in [1.807, 2.05) is 4.90 Å². The number of carbonyl (C=O) groups is 1. The fourth-order valence-corrected chi connectivity index (χ4v) is 1.78. The van der Waals surface area contributed by atoms with Gasteiger partial charge in [0.05, 0.1) is 0 Å². The second-order valence-electron chi connectivity index (χ2n) is 2.98. The molecule has 0 saturated carbocycles. The lowest BCUT2D eigenvalue weighted by Crippen LogP contribution is -2.49. The normalized spacial score (nSPS) is 32.6. The number of hydrogen-bond donors (Lipinski definition) is 1. The molecule has 3 heteroatoms. The molecule has 56 valence electrons. The zero-order chi connectivity index (χ0) is 6.97. The molecule has 0 aromatic rings. The van der Waals surface area contributed by atoms with E-state index in [-0.39, 0.29) is 0 Å². The lowest BCUT2D eigenvalue weighted by atomic mass is 10.2. The van der Waals surface area contributed by atoms with E-state index in [1.54, 1.807) is 0 Å². The lowest BCUT2D eigenvalue weighted by molar-refractivity contribution is -0.129. The molecule has 0 aromatic heterocycles. The first-order chi connectivity index (χ1) is 4.88. The SMILES string of the molecule is O=C1CC[C@@H]2CNCCN12. The molecule has 0 unspecified atom stereocenters. The third-order valence-electron chi connectivity index (χ3n) is 2.36. The van der Waals surface area contributed by atoms with Crippen molar-refractivity contribution in [3.8, 4) is 0 Å². The highest BCUT2D eigenvalue weighted by Crippen LogP contribution is 2.18. The highest BCUT2D eigenvalue weighted by atomic mass is 16.2. The van der Waals surface area contributed by atoms with Crippen LogP contribution in [0.3, 0.4) is 0 Å². The molecule has 10 heavy (non-hydrogen) atoms. The molecule has 1 amide bonds. The van der Waals surface area contributed by atoms with Crippen LogP contribution in [0.2, 0.25) is 0 Å².